The molecule has 1 saturated heterocycles. The van der Waals surface area contributed by atoms with Crippen molar-refractivity contribution in [3.8, 4) is 5.75 Å². The first-order valence-corrected chi connectivity index (χ1v) is 9.72. The number of carbonyl (C=O) groups excluding carboxylic acids is 2. The topological polar surface area (TPSA) is 72.6 Å². The molecule has 2 amide bonds. The van der Waals surface area contributed by atoms with E-state index in [2.05, 4.69) is 25.1 Å². The van der Waals surface area contributed by atoms with E-state index in [1.54, 1.807) is 0 Å². The molecule has 0 saturated carbocycles. The number of benzene rings is 1. The van der Waals surface area contributed by atoms with Crippen molar-refractivity contribution >= 4 is 11.8 Å². The number of primary amides is 1. The first kappa shape index (κ1) is 20.3. The van der Waals surface area contributed by atoms with E-state index in [0.717, 1.165) is 56.5 Å². The van der Waals surface area contributed by atoms with Gasteiger partial charge in [0.15, 0.2) is 0 Å². The SMILES string of the molecule is Cc1ccc(C)c(OCCCCC(=O)N2CCCC(CCC(N)=O)C2)c1. The molecular formula is C21H32N2O3. The fourth-order valence-corrected chi connectivity index (χ4v) is 3.45. The Bertz CT molecular complexity index is 615. The van der Waals surface area contributed by atoms with Gasteiger partial charge in [-0.1, -0.05) is 12.1 Å². The number of unbranched alkanes of at least 4 members (excludes halogenated alkanes) is 1. The molecule has 144 valence electrons. The van der Waals surface area contributed by atoms with Crippen LogP contribution in [0.25, 0.3) is 0 Å². The Morgan fingerprint density at radius 2 is 2.04 bits per heavy atom. The third kappa shape index (κ3) is 6.70. The number of hydrogen-bond acceptors (Lipinski definition) is 3. The molecule has 2 rings (SSSR count). The highest BCUT2D eigenvalue weighted by molar-refractivity contribution is 5.76. The molecule has 5 nitrogen and oxygen atoms in total. The van der Waals surface area contributed by atoms with Gasteiger partial charge in [-0.2, -0.15) is 0 Å². The molecular weight excluding hydrogens is 328 g/mol. The quantitative estimate of drug-likeness (QED) is 0.686. The highest BCUT2D eigenvalue weighted by Gasteiger charge is 2.23. The normalized spacial score (nSPS) is 17.2. The van der Waals surface area contributed by atoms with Crippen LogP contribution in [0, 0.1) is 19.8 Å². The van der Waals surface area contributed by atoms with Gasteiger partial charge in [-0.15, -0.1) is 0 Å². The number of hydrogen-bond donors (Lipinski definition) is 1. The number of nitrogens with two attached hydrogens (primary N) is 1. The van der Waals surface area contributed by atoms with Crippen molar-refractivity contribution in [1.82, 2.24) is 4.90 Å². The summed E-state index contributed by atoms with van der Waals surface area (Å²) in [6.07, 6.45) is 5.60. The molecule has 0 aliphatic carbocycles. The summed E-state index contributed by atoms with van der Waals surface area (Å²) in [5.41, 5.74) is 7.56. The summed E-state index contributed by atoms with van der Waals surface area (Å²) in [6.45, 7) is 6.35. The molecule has 1 aromatic rings. The maximum atomic E-state index is 12.4. The van der Waals surface area contributed by atoms with Crippen LogP contribution in [-0.2, 0) is 9.59 Å². The van der Waals surface area contributed by atoms with Crippen molar-refractivity contribution in [2.75, 3.05) is 19.7 Å². The van der Waals surface area contributed by atoms with E-state index in [1.165, 1.54) is 5.56 Å². The van der Waals surface area contributed by atoms with Crippen molar-refractivity contribution in [2.24, 2.45) is 11.7 Å². The first-order valence-electron chi connectivity index (χ1n) is 9.72. The van der Waals surface area contributed by atoms with Gasteiger partial charge in [0.25, 0.3) is 0 Å². The zero-order valence-corrected chi connectivity index (χ0v) is 16.1. The number of amides is 2. The highest BCUT2D eigenvalue weighted by atomic mass is 16.5. The summed E-state index contributed by atoms with van der Waals surface area (Å²) in [5, 5.41) is 0. The molecule has 26 heavy (non-hydrogen) atoms. The number of piperidine rings is 1. The molecule has 1 aromatic carbocycles. The van der Waals surface area contributed by atoms with E-state index < -0.39 is 0 Å². The number of likely N-dealkylation sites (tertiary alicyclic amines) is 1. The minimum Gasteiger partial charge on any atom is -0.493 e. The van der Waals surface area contributed by atoms with E-state index >= 15 is 0 Å². The van der Waals surface area contributed by atoms with Gasteiger partial charge in [0, 0.05) is 25.9 Å². The molecule has 0 aromatic heterocycles. The Labute approximate surface area is 156 Å². The van der Waals surface area contributed by atoms with E-state index in [4.69, 9.17) is 10.5 Å². The molecule has 1 atom stereocenters. The van der Waals surface area contributed by atoms with Crippen molar-refractivity contribution in [1.29, 1.82) is 0 Å². The molecule has 2 N–H and O–H groups in total. The van der Waals surface area contributed by atoms with Crippen molar-refractivity contribution in [3.63, 3.8) is 0 Å². The summed E-state index contributed by atoms with van der Waals surface area (Å²) >= 11 is 0. The smallest absolute Gasteiger partial charge is 0.222 e. The Morgan fingerprint density at radius 1 is 1.23 bits per heavy atom. The van der Waals surface area contributed by atoms with Crippen molar-refractivity contribution in [3.05, 3.63) is 29.3 Å². The summed E-state index contributed by atoms with van der Waals surface area (Å²) in [6, 6.07) is 6.20. The molecule has 5 heteroatoms. The van der Waals surface area contributed by atoms with Crippen LogP contribution in [0.5, 0.6) is 5.75 Å². The fraction of sp³-hybridized carbons (Fsp3) is 0.619. The molecule has 1 fully saturated rings. The molecule has 0 radical (unpaired) electrons. The maximum Gasteiger partial charge on any atom is 0.222 e. The van der Waals surface area contributed by atoms with Gasteiger partial charge in [-0.3, -0.25) is 9.59 Å². The van der Waals surface area contributed by atoms with Gasteiger partial charge in [-0.25, -0.2) is 0 Å². The van der Waals surface area contributed by atoms with Gasteiger partial charge in [0.1, 0.15) is 5.75 Å². The standard InChI is InChI=1S/C21H32N2O3/c1-16-8-9-17(2)19(14-16)26-13-4-3-7-21(25)23-12-5-6-18(15-23)10-11-20(22)24/h8-9,14,18H,3-7,10-13,15H2,1-2H3,(H2,22,24). The molecule has 1 aliphatic heterocycles. The van der Waals surface area contributed by atoms with E-state index in [1.807, 2.05) is 11.8 Å². The van der Waals surface area contributed by atoms with Gasteiger partial charge in [0.05, 0.1) is 6.61 Å². The second-order valence-corrected chi connectivity index (χ2v) is 7.43. The highest BCUT2D eigenvalue weighted by Crippen LogP contribution is 2.22. The Hall–Kier alpha value is -2.04. The Morgan fingerprint density at radius 3 is 2.81 bits per heavy atom. The second kappa shape index (κ2) is 10.2. The fourth-order valence-electron chi connectivity index (χ4n) is 3.45. The van der Waals surface area contributed by atoms with Crippen LogP contribution in [0.15, 0.2) is 18.2 Å². The Balaban J connectivity index is 1.65. The maximum absolute atomic E-state index is 12.4. The number of ether oxygens (including phenoxy) is 1. The van der Waals surface area contributed by atoms with E-state index in [-0.39, 0.29) is 11.8 Å². The van der Waals surface area contributed by atoms with Crippen LogP contribution >= 0.6 is 0 Å². The van der Waals surface area contributed by atoms with E-state index in [9.17, 15) is 9.59 Å². The molecule has 1 aliphatic rings. The first-order chi connectivity index (χ1) is 12.5. The van der Waals surface area contributed by atoms with Gasteiger partial charge >= 0.3 is 0 Å². The summed E-state index contributed by atoms with van der Waals surface area (Å²) in [7, 11) is 0. The number of aryl methyl sites for hydroxylation is 2. The lowest BCUT2D eigenvalue weighted by molar-refractivity contribution is -0.133. The summed E-state index contributed by atoms with van der Waals surface area (Å²) < 4.78 is 5.85. The minimum atomic E-state index is -0.253. The molecule has 0 spiro atoms. The number of nitrogens with zero attached hydrogens (tertiary/aromatic N) is 1. The lowest BCUT2D eigenvalue weighted by Crippen LogP contribution is -2.40. The number of carbonyl (C=O) groups is 2. The van der Waals surface area contributed by atoms with Crippen LogP contribution in [0.4, 0.5) is 0 Å². The molecule has 1 heterocycles. The van der Waals surface area contributed by atoms with Crippen molar-refractivity contribution < 1.29 is 14.3 Å². The van der Waals surface area contributed by atoms with Crippen LogP contribution in [0.2, 0.25) is 0 Å². The predicted octanol–water partition coefficient (Wildman–Crippen LogP) is 3.36. The largest absolute Gasteiger partial charge is 0.493 e. The van der Waals surface area contributed by atoms with Gasteiger partial charge in [0.2, 0.25) is 11.8 Å². The number of rotatable bonds is 9. The third-order valence-electron chi connectivity index (χ3n) is 5.06. The van der Waals surface area contributed by atoms with Gasteiger partial charge in [-0.05, 0) is 69.1 Å². The summed E-state index contributed by atoms with van der Waals surface area (Å²) in [4.78, 5) is 25.3. The van der Waals surface area contributed by atoms with Crippen LogP contribution in [-0.4, -0.2) is 36.4 Å². The van der Waals surface area contributed by atoms with Crippen LogP contribution in [0.3, 0.4) is 0 Å². The zero-order valence-electron chi connectivity index (χ0n) is 16.1. The molecule has 1 unspecified atom stereocenters. The summed E-state index contributed by atoms with van der Waals surface area (Å²) in [5.74, 6) is 1.32. The predicted molar refractivity (Wildman–Crippen MR) is 103 cm³/mol. The average Bonchev–Trinajstić information content (AvgIpc) is 2.62. The van der Waals surface area contributed by atoms with Crippen LogP contribution < -0.4 is 10.5 Å². The second-order valence-electron chi connectivity index (χ2n) is 7.43. The zero-order chi connectivity index (χ0) is 18.9. The average molecular weight is 360 g/mol. The van der Waals surface area contributed by atoms with Crippen molar-refractivity contribution in [2.45, 2.75) is 58.8 Å². The molecule has 0 bridgehead atoms. The van der Waals surface area contributed by atoms with Crippen LogP contribution in [0.1, 0.15) is 56.1 Å². The minimum absolute atomic E-state index is 0.223. The monoisotopic (exact) mass is 360 g/mol. The Kier molecular flexibility index (Phi) is 7.95. The third-order valence-corrected chi connectivity index (χ3v) is 5.06. The van der Waals surface area contributed by atoms with E-state index in [0.29, 0.717) is 25.4 Å². The lowest BCUT2D eigenvalue weighted by Gasteiger charge is -2.32. The van der Waals surface area contributed by atoms with Gasteiger partial charge < -0.3 is 15.4 Å². The lowest BCUT2D eigenvalue weighted by atomic mass is 9.93.